The fourth-order valence-electron chi connectivity index (χ4n) is 0.752. The van der Waals surface area contributed by atoms with Crippen molar-refractivity contribution >= 4 is 23.2 Å². The minimum absolute atomic E-state index is 0.606. The lowest BCUT2D eigenvalue weighted by Gasteiger charge is -1.88. The molecule has 1 aromatic carbocycles. The summed E-state index contributed by atoms with van der Waals surface area (Å²) in [6.45, 7) is 0. The molecule has 0 saturated heterocycles. The molecule has 0 saturated carbocycles. The number of benzene rings is 1. The lowest BCUT2D eigenvalue weighted by molar-refractivity contribution is 1.33. The third-order valence-electron chi connectivity index (χ3n) is 1.39. The number of aromatic nitrogens is 1. The van der Waals surface area contributed by atoms with E-state index < -0.39 is 0 Å². The van der Waals surface area contributed by atoms with Gasteiger partial charge in [-0.05, 0) is 24.3 Å². The second kappa shape index (κ2) is 6.41. The molecule has 72 valence electrons. The molecule has 0 unspecified atom stereocenters. The lowest BCUT2D eigenvalue weighted by atomic mass is 10.4. The first kappa shape index (κ1) is 11.0. The first-order chi connectivity index (χ1) is 6.80. The van der Waals surface area contributed by atoms with Crippen molar-refractivity contribution in [1.82, 2.24) is 4.98 Å². The largest absolute Gasteiger partial charge is 0.265 e. The van der Waals surface area contributed by atoms with Gasteiger partial charge in [-0.15, -0.1) is 0 Å². The maximum atomic E-state index is 5.58. The minimum Gasteiger partial charge on any atom is -0.265 e. The Balaban J connectivity index is 0.000000146. The van der Waals surface area contributed by atoms with Crippen LogP contribution in [0.2, 0.25) is 10.0 Å². The first-order valence-corrected chi connectivity index (χ1v) is 4.81. The Hall–Kier alpha value is -1.05. The molecule has 1 nitrogen and oxygen atoms in total. The quantitative estimate of drug-likeness (QED) is 0.659. The Labute approximate surface area is 93.3 Å². The van der Waals surface area contributed by atoms with E-state index in [9.17, 15) is 0 Å². The third-order valence-corrected chi connectivity index (χ3v) is 2.15. The Morgan fingerprint density at radius 3 is 1.43 bits per heavy atom. The fourth-order valence-corrected chi connectivity index (χ4v) is 1.02. The summed E-state index contributed by atoms with van der Waals surface area (Å²) in [6.07, 6.45) is 3.50. The van der Waals surface area contributed by atoms with Gasteiger partial charge >= 0.3 is 0 Å². The van der Waals surface area contributed by atoms with Crippen LogP contribution in [-0.2, 0) is 0 Å². The molecule has 0 aliphatic heterocycles. The van der Waals surface area contributed by atoms with Gasteiger partial charge in [-0.3, -0.25) is 4.98 Å². The van der Waals surface area contributed by atoms with Gasteiger partial charge in [0.15, 0.2) is 0 Å². The molecule has 0 fully saturated rings. The highest BCUT2D eigenvalue weighted by Gasteiger charge is 1.89. The van der Waals surface area contributed by atoms with E-state index in [1.54, 1.807) is 24.5 Å². The van der Waals surface area contributed by atoms with Crippen molar-refractivity contribution in [2.75, 3.05) is 0 Å². The summed E-state index contributed by atoms with van der Waals surface area (Å²) in [5, 5.41) is 1.21. The van der Waals surface area contributed by atoms with Crippen LogP contribution in [0.5, 0.6) is 0 Å². The SMILES string of the molecule is Clc1ccccc1Cl.c1ccncc1. The average molecular weight is 226 g/mol. The molecule has 3 heteroatoms. The highest BCUT2D eigenvalue weighted by atomic mass is 35.5. The molecule has 0 bridgehead atoms. The molecule has 0 radical (unpaired) electrons. The van der Waals surface area contributed by atoms with Gasteiger partial charge in [-0.1, -0.05) is 41.4 Å². The number of pyridine rings is 1. The van der Waals surface area contributed by atoms with Crippen LogP contribution >= 0.6 is 23.2 Å². The third kappa shape index (κ3) is 4.26. The second-order valence-electron chi connectivity index (χ2n) is 2.44. The Kier molecular flexibility index (Phi) is 5.05. The van der Waals surface area contributed by atoms with E-state index in [1.807, 2.05) is 30.3 Å². The van der Waals surface area contributed by atoms with Crippen molar-refractivity contribution in [1.29, 1.82) is 0 Å². The second-order valence-corrected chi connectivity index (χ2v) is 3.25. The van der Waals surface area contributed by atoms with Gasteiger partial charge in [-0.25, -0.2) is 0 Å². The van der Waals surface area contributed by atoms with Gasteiger partial charge in [0.2, 0.25) is 0 Å². The fraction of sp³-hybridized carbons (Fsp3) is 0. The molecule has 2 rings (SSSR count). The Bertz CT molecular complexity index is 315. The summed E-state index contributed by atoms with van der Waals surface area (Å²) < 4.78 is 0. The molecule has 0 spiro atoms. The van der Waals surface area contributed by atoms with Crippen molar-refractivity contribution in [2.24, 2.45) is 0 Å². The molecule has 0 aliphatic rings. The standard InChI is InChI=1S/C6H4Cl2.C5H5N/c7-5-3-1-2-4-6(5)8;1-2-4-6-5-3-1/h1-4H;1-5H. The molecular formula is C11H9Cl2N. The molecule has 0 aliphatic carbocycles. The van der Waals surface area contributed by atoms with Crippen molar-refractivity contribution in [3.63, 3.8) is 0 Å². The van der Waals surface area contributed by atoms with E-state index in [0.29, 0.717) is 10.0 Å². The van der Waals surface area contributed by atoms with E-state index in [0.717, 1.165) is 0 Å². The zero-order chi connectivity index (χ0) is 10.2. The molecule has 0 atom stereocenters. The maximum Gasteiger partial charge on any atom is 0.0592 e. The summed E-state index contributed by atoms with van der Waals surface area (Å²) in [6, 6.07) is 12.9. The summed E-state index contributed by atoms with van der Waals surface area (Å²) in [7, 11) is 0. The predicted molar refractivity (Wildman–Crippen MR) is 60.7 cm³/mol. The lowest BCUT2D eigenvalue weighted by Crippen LogP contribution is -1.62. The smallest absolute Gasteiger partial charge is 0.0592 e. The molecule has 0 N–H and O–H groups in total. The monoisotopic (exact) mass is 225 g/mol. The van der Waals surface area contributed by atoms with Gasteiger partial charge in [0.05, 0.1) is 10.0 Å². The summed E-state index contributed by atoms with van der Waals surface area (Å²) in [4.78, 5) is 3.78. The van der Waals surface area contributed by atoms with E-state index in [4.69, 9.17) is 23.2 Å². The average Bonchev–Trinajstić information content (AvgIpc) is 2.26. The number of hydrogen-bond donors (Lipinski definition) is 0. The van der Waals surface area contributed by atoms with E-state index in [1.165, 1.54) is 0 Å². The van der Waals surface area contributed by atoms with Gasteiger partial charge in [0.1, 0.15) is 0 Å². The molecule has 0 amide bonds. The van der Waals surface area contributed by atoms with Crippen molar-refractivity contribution < 1.29 is 0 Å². The van der Waals surface area contributed by atoms with Crippen LogP contribution in [0.1, 0.15) is 0 Å². The van der Waals surface area contributed by atoms with Gasteiger partial charge in [-0.2, -0.15) is 0 Å². The zero-order valence-corrected chi connectivity index (χ0v) is 8.91. The molecule has 1 aromatic heterocycles. The Morgan fingerprint density at radius 1 is 0.714 bits per heavy atom. The molecule has 2 aromatic rings. The van der Waals surface area contributed by atoms with Crippen LogP contribution in [0, 0.1) is 0 Å². The van der Waals surface area contributed by atoms with Crippen LogP contribution in [0.4, 0.5) is 0 Å². The number of nitrogens with zero attached hydrogens (tertiary/aromatic N) is 1. The summed E-state index contributed by atoms with van der Waals surface area (Å²) >= 11 is 11.2. The van der Waals surface area contributed by atoms with Crippen molar-refractivity contribution in [3.05, 3.63) is 64.9 Å². The van der Waals surface area contributed by atoms with E-state index >= 15 is 0 Å². The topological polar surface area (TPSA) is 12.9 Å². The Morgan fingerprint density at radius 2 is 1.21 bits per heavy atom. The van der Waals surface area contributed by atoms with Crippen LogP contribution in [0.25, 0.3) is 0 Å². The van der Waals surface area contributed by atoms with Crippen LogP contribution in [0.15, 0.2) is 54.9 Å². The van der Waals surface area contributed by atoms with Gasteiger partial charge < -0.3 is 0 Å². The van der Waals surface area contributed by atoms with Gasteiger partial charge in [0.25, 0.3) is 0 Å². The molecule has 1 heterocycles. The summed E-state index contributed by atoms with van der Waals surface area (Å²) in [5.41, 5.74) is 0. The van der Waals surface area contributed by atoms with Crippen LogP contribution in [-0.4, -0.2) is 4.98 Å². The van der Waals surface area contributed by atoms with Crippen molar-refractivity contribution in [3.8, 4) is 0 Å². The minimum atomic E-state index is 0.606. The molecular weight excluding hydrogens is 217 g/mol. The van der Waals surface area contributed by atoms with E-state index in [-0.39, 0.29) is 0 Å². The number of hydrogen-bond acceptors (Lipinski definition) is 1. The normalized spacial score (nSPS) is 8.71. The number of rotatable bonds is 0. The first-order valence-electron chi connectivity index (χ1n) is 4.06. The predicted octanol–water partition coefficient (Wildman–Crippen LogP) is 4.08. The van der Waals surface area contributed by atoms with Crippen LogP contribution in [0.3, 0.4) is 0 Å². The highest BCUT2D eigenvalue weighted by Crippen LogP contribution is 2.19. The zero-order valence-electron chi connectivity index (χ0n) is 7.40. The summed E-state index contributed by atoms with van der Waals surface area (Å²) in [5.74, 6) is 0. The molecule has 14 heavy (non-hydrogen) atoms. The highest BCUT2D eigenvalue weighted by molar-refractivity contribution is 6.41. The van der Waals surface area contributed by atoms with Crippen LogP contribution < -0.4 is 0 Å². The van der Waals surface area contributed by atoms with E-state index in [2.05, 4.69) is 4.98 Å². The van der Waals surface area contributed by atoms with Gasteiger partial charge in [0, 0.05) is 12.4 Å². The number of halogens is 2. The van der Waals surface area contributed by atoms with Crippen molar-refractivity contribution in [2.45, 2.75) is 0 Å². The maximum absolute atomic E-state index is 5.58.